The Morgan fingerprint density at radius 3 is 1.16 bits per heavy atom. The van der Waals surface area contributed by atoms with Gasteiger partial charge in [0, 0.05) is 85.5 Å². The highest BCUT2D eigenvalue weighted by Gasteiger charge is 2.37. The lowest BCUT2D eigenvalue weighted by molar-refractivity contribution is -0.139. The molecule has 0 spiro atoms. The highest BCUT2D eigenvalue weighted by Crippen LogP contribution is 2.53. The number of carboxylic acid groups (broad SMARTS) is 1. The molecule has 2 heterocycles. The number of benzene rings is 6. The van der Waals surface area contributed by atoms with Crippen molar-refractivity contribution in [1.29, 1.82) is 0 Å². The van der Waals surface area contributed by atoms with Gasteiger partial charge < -0.3 is 40.4 Å². The van der Waals surface area contributed by atoms with Gasteiger partial charge >= 0.3 is 21.6 Å². The van der Waals surface area contributed by atoms with Crippen molar-refractivity contribution in [3.8, 4) is 0 Å². The van der Waals surface area contributed by atoms with Gasteiger partial charge in [-0.3, -0.25) is 54.2 Å². The van der Waals surface area contributed by atoms with E-state index in [0.717, 1.165) is 87.7 Å². The first-order chi connectivity index (χ1) is 53.5. The molecule has 2 fully saturated rings. The molecule has 5 N–H and O–H groups in total. The predicted molar refractivity (Wildman–Crippen MR) is 436 cm³/mol. The summed E-state index contributed by atoms with van der Waals surface area (Å²) in [6.07, 6.45) is 9.45. The molecule has 3 aliphatic carbocycles. The smallest absolute Gasteiger partial charge is 0.475 e. The molecule has 0 saturated carbocycles. The highest BCUT2D eigenvalue weighted by molar-refractivity contribution is 7.84. The van der Waals surface area contributed by atoms with E-state index in [2.05, 4.69) is 10.6 Å². The summed E-state index contributed by atoms with van der Waals surface area (Å²) < 4.78 is 157. The molecule has 11 rings (SSSR count). The molecule has 0 bridgehead atoms. The minimum atomic E-state index is -4.06. The second-order valence-corrected chi connectivity index (χ2v) is 34.8. The van der Waals surface area contributed by atoms with Gasteiger partial charge in [0.05, 0.1) is 71.6 Å². The number of carboxylic acids is 1. The van der Waals surface area contributed by atoms with Crippen LogP contribution in [0.1, 0.15) is 145 Å². The number of carbonyl (C=O) groups excluding carboxylic acids is 2. The maximum Gasteiger partial charge on any atom is 0.475 e. The van der Waals surface area contributed by atoms with Crippen LogP contribution in [-0.4, -0.2) is 150 Å². The van der Waals surface area contributed by atoms with Crippen molar-refractivity contribution in [3.63, 3.8) is 0 Å². The molecule has 30 heteroatoms. The number of carbonyl (C=O) groups is 3. The number of nitrogens with one attached hydrogen (secondary N) is 2. The van der Waals surface area contributed by atoms with E-state index in [1.165, 1.54) is 36.4 Å². The fourth-order valence-corrected chi connectivity index (χ4v) is 16.9. The van der Waals surface area contributed by atoms with Crippen LogP contribution in [0.2, 0.25) is 0 Å². The Balaban J connectivity index is 0.000000208. The number of amides is 2. The molecule has 0 radical (unpaired) electrons. The Bertz CT molecular complexity index is 4790. The second kappa shape index (κ2) is 41.3. The number of nitrogens with two attached hydrogens (primary N) is 1. The van der Waals surface area contributed by atoms with Crippen molar-refractivity contribution in [3.05, 3.63) is 212 Å². The lowest BCUT2D eigenvalue weighted by Crippen LogP contribution is -2.36. The zero-order valence-electron chi connectivity index (χ0n) is 65.9. The maximum atomic E-state index is 14.4. The molecule has 6 atom stereocenters. The van der Waals surface area contributed by atoms with Gasteiger partial charge in [-0.05, 0) is 267 Å². The molecule has 6 unspecified atom stereocenters. The van der Waals surface area contributed by atoms with Crippen LogP contribution in [0.4, 0.5) is 13.2 Å². The number of halogens is 3. The number of hydrogen-bond donors (Lipinski definition) is 4. The van der Waals surface area contributed by atoms with Gasteiger partial charge in [0.25, 0.3) is 0 Å². The number of phosphoric acid groups is 2. The van der Waals surface area contributed by atoms with E-state index in [0.29, 0.717) is 53.5 Å². The predicted octanol–water partition coefficient (Wildman–Crippen LogP) is 16.2. The van der Waals surface area contributed by atoms with E-state index in [-0.39, 0.29) is 82.0 Å². The SMILES string of the molecule is CC1(C)OCC(CN)O1.CC1=C(CC(=O)NCC2COC(C)(C)O2)c2cc(F)ccc2/C1=C\c1ccc(S(C)=O)cc1.CC1=C(CC(=O)O)c2cc(F)ccc2/C1=C\c1ccc(S(C)=O)cc1.CCOP(=O)(OCC)OCC(CNC(=O)CC1=C(C)/C(=C/c2ccc(S(C)=O)cc2)c2ccc(F)cc21)OP(=O)(OCC)OCC. The van der Waals surface area contributed by atoms with Crippen LogP contribution in [0.15, 0.2) is 159 Å². The van der Waals surface area contributed by atoms with Crippen molar-refractivity contribution in [2.75, 3.05) is 84.6 Å². The van der Waals surface area contributed by atoms with Crippen molar-refractivity contribution >= 4 is 117 Å². The maximum absolute atomic E-state index is 14.4. The number of allylic oxidation sites excluding steroid dienone is 6. The summed E-state index contributed by atoms with van der Waals surface area (Å²) in [7, 11) is -11.2. The van der Waals surface area contributed by atoms with Crippen molar-refractivity contribution in [2.24, 2.45) is 5.73 Å². The van der Waals surface area contributed by atoms with Gasteiger partial charge in [0.15, 0.2) is 11.6 Å². The van der Waals surface area contributed by atoms with E-state index in [9.17, 15) is 49.3 Å². The fourth-order valence-electron chi connectivity index (χ4n) is 12.8. The first-order valence-electron chi connectivity index (χ1n) is 36.7. The van der Waals surface area contributed by atoms with Crippen LogP contribution in [0.5, 0.6) is 0 Å². The third-order valence-corrected chi connectivity index (χ3v) is 24.4. The van der Waals surface area contributed by atoms with Gasteiger partial charge in [-0.25, -0.2) is 22.3 Å². The third kappa shape index (κ3) is 25.7. The van der Waals surface area contributed by atoms with Crippen LogP contribution >= 0.6 is 15.6 Å². The van der Waals surface area contributed by atoms with Gasteiger partial charge in [0.2, 0.25) is 11.8 Å². The number of aliphatic carboxylic acids is 1. The average Bonchev–Trinajstić information content (AvgIpc) is 1.63. The van der Waals surface area contributed by atoms with E-state index in [4.69, 9.17) is 56.9 Å². The fraction of sp³-hybridized carbons (Fsp3) is 0.386. The van der Waals surface area contributed by atoms with E-state index < -0.39 is 90.0 Å². The van der Waals surface area contributed by atoms with Gasteiger partial charge in [-0.15, -0.1) is 0 Å². The summed E-state index contributed by atoms with van der Waals surface area (Å²) in [6.45, 7) is 21.1. The lowest BCUT2D eigenvalue weighted by atomic mass is 10.0. The first-order valence-corrected chi connectivity index (χ1v) is 44.3. The van der Waals surface area contributed by atoms with Crippen molar-refractivity contribution < 1.29 is 101 Å². The Morgan fingerprint density at radius 2 is 0.850 bits per heavy atom. The van der Waals surface area contributed by atoms with Crippen LogP contribution < -0.4 is 16.4 Å². The number of rotatable bonds is 30. The minimum Gasteiger partial charge on any atom is -0.481 e. The quantitative estimate of drug-likeness (QED) is 0.0305. The molecule has 5 aliphatic rings. The minimum absolute atomic E-state index is 0.0229. The molecular formula is C83H100F3N3O19P2S3. The molecule has 113 heavy (non-hydrogen) atoms. The summed E-state index contributed by atoms with van der Waals surface area (Å²) in [4.78, 5) is 39.4. The monoisotopic (exact) mass is 1660 g/mol. The van der Waals surface area contributed by atoms with Gasteiger partial charge in [-0.2, -0.15) is 0 Å². The lowest BCUT2D eigenvalue weighted by Gasteiger charge is -2.25. The van der Waals surface area contributed by atoms with Gasteiger partial charge in [0.1, 0.15) is 29.7 Å². The van der Waals surface area contributed by atoms with Crippen molar-refractivity contribution in [2.45, 2.75) is 140 Å². The topological polar surface area (TPSA) is 299 Å². The Morgan fingerprint density at radius 1 is 0.513 bits per heavy atom. The third-order valence-electron chi connectivity index (χ3n) is 18.2. The Labute approximate surface area is 666 Å². The largest absolute Gasteiger partial charge is 0.481 e. The highest BCUT2D eigenvalue weighted by atomic mass is 32.2. The second-order valence-electron chi connectivity index (χ2n) is 27.4. The summed E-state index contributed by atoms with van der Waals surface area (Å²) in [6, 6.07) is 35.7. The number of fused-ring (bicyclic) bond motifs is 3. The molecule has 2 aliphatic heterocycles. The Hall–Kier alpha value is -7.57. The van der Waals surface area contributed by atoms with Crippen LogP contribution in [-0.2, 0) is 102 Å². The normalized spacial score (nSPS) is 18.8. The molecule has 22 nitrogen and oxygen atoms in total. The van der Waals surface area contributed by atoms with E-state index in [1.807, 2.05) is 115 Å². The molecule has 6 aromatic rings. The number of phosphoric ester groups is 2. The van der Waals surface area contributed by atoms with E-state index >= 15 is 0 Å². The zero-order valence-corrected chi connectivity index (χ0v) is 70.1. The molecular weight excluding hydrogens is 1560 g/mol. The molecule has 0 aromatic heterocycles. The summed E-state index contributed by atoms with van der Waals surface area (Å²) in [5.74, 6) is -3.75. The van der Waals surface area contributed by atoms with Crippen LogP contribution in [0.3, 0.4) is 0 Å². The zero-order chi connectivity index (χ0) is 82.7. The Kier molecular flexibility index (Phi) is 33.3. The number of hydrogen-bond acceptors (Lipinski definition) is 19. The number of ether oxygens (including phenoxy) is 4. The molecule has 2 amide bonds. The van der Waals surface area contributed by atoms with Crippen LogP contribution in [0.25, 0.3) is 51.7 Å². The van der Waals surface area contributed by atoms with Gasteiger partial charge in [-0.1, -0.05) is 54.6 Å². The summed E-state index contributed by atoms with van der Waals surface area (Å²) in [5, 5.41) is 14.8. The molecule has 6 aromatic carbocycles. The summed E-state index contributed by atoms with van der Waals surface area (Å²) in [5.41, 5.74) is 19.8. The summed E-state index contributed by atoms with van der Waals surface area (Å²) >= 11 is 0. The molecule has 2 saturated heterocycles. The standard InChI is InChI=1S/C31H42FNO10P2S.C26H28FNO4S.C20H17FO3S.C6H13NO2/c1-7-38-44(35,39-8-2)42-21-25(43-45(36,40-9-3)41-10-4)20-33-31(34)19-29-22(5)28(27-16-13-24(32)18-30(27)29)17-23-11-14-26(15-12-23)46(6)37;1-16-22(11-17-5-8-20(9-6-17)33(4)30)21-10-7-18(27)12-24(21)23(16)13-25(29)28-14-19-15-31-26(2,3)32-19;1-12-17(9-13-3-6-15(7-4-13)25(2)24)16-8-5-14(21)10-19(16)18(12)11-20(22)23;1-6(2)8-4-5(3-7)9-6/h11-18,25H,7-10,19-21H2,1-6H3,(H,33,34);5-12,19H,13-15H2,1-4H3,(H,28,29);3-10H,11H2,1-2H3,(H,22,23);5H,3-4,7H2,1-2H3/b28-17-;22-11-;17-9-;. The van der Waals surface area contributed by atoms with Crippen LogP contribution in [0, 0.1) is 17.5 Å². The van der Waals surface area contributed by atoms with E-state index in [1.54, 1.807) is 88.9 Å². The average molecular weight is 1660 g/mol. The molecule has 610 valence electrons. The first kappa shape index (κ1) is 91.0. The van der Waals surface area contributed by atoms with Crippen molar-refractivity contribution in [1.82, 2.24) is 10.6 Å².